The van der Waals surface area contributed by atoms with E-state index in [1.54, 1.807) is 6.08 Å². The van der Waals surface area contributed by atoms with Gasteiger partial charge in [0.25, 0.3) is 0 Å². The highest BCUT2D eigenvalue weighted by Gasteiger charge is 1.94. The molecule has 9 heavy (non-hydrogen) atoms. The molecule has 0 aliphatic rings. The highest BCUT2D eigenvalue weighted by molar-refractivity contribution is 6.22. The van der Waals surface area contributed by atoms with E-state index in [0.29, 0.717) is 0 Å². The summed E-state index contributed by atoms with van der Waals surface area (Å²) in [6.45, 7) is 5.69. The zero-order valence-corrected chi connectivity index (χ0v) is 6.22. The summed E-state index contributed by atoms with van der Waals surface area (Å²) in [5.74, 6) is 0. The molecule has 0 amide bonds. The second-order valence-electron chi connectivity index (χ2n) is 2.12. The van der Waals surface area contributed by atoms with Gasteiger partial charge in [0.1, 0.15) is 7.85 Å². The van der Waals surface area contributed by atoms with Gasteiger partial charge in [0.05, 0.1) is 0 Å². The third-order valence-corrected chi connectivity index (χ3v) is 1.31. The van der Waals surface area contributed by atoms with Crippen LogP contribution in [0, 0.1) is 0 Å². The zero-order valence-electron chi connectivity index (χ0n) is 6.22. The second kappa shape index (κ2) is 4.39. The van der Waals surface area contributed by atoms with Crippen LogP contribution < -0.4 is 5.73 Å². The fourth-order valence-corrected chi connectivity index (χ4v) is 0.644. The Morgan fingerprint density at radius 2 is 2.44 bits per heavy atom. The predicted molar refractivity (Wildman–Crippen MR) is 45.1 cm³/mol. The van der Waals surface area contributed by atoms with Gasteiger partial charge in [0.15, 0.2) is 0 Å². The Hall–Kier alpha value is -0.495. The lowest BCUT2D eigenvalue weighted by Gasteiger charge is -2.04. The van der Waals surface area contributed by atoms with Crippen LogP contribution in [0.2, 0.25) is 0 Å². The number of nitrogens with two attached hydrogens (primary N) is 1. The largest absolute Gasteiger partial charge is 0.322 e. The minimum absolute atomic E-state index is 0.0462. The van der Waals surface area contributed by atoms with Gasteiger partial charge < -0.3 is 5.73 Å². The first-order valence-electron chi connectivity index (χ1n) is 3.27. The van der Waals surface area contributed by atoms with Crippen molar-refractivity contribution >= 4 is 7.85 Å². The summed E-state index contributed by atoms with van der Waals surface area (Å²) >= 11 is 0. The highest BCUT2D eigenvalue weighted by atomic mass is 14.6. The van der Waals surface area contributed by atoms with E-state index in [1.807, 2.05) is 7.85 Å². The van der Waals surface area contributed by atoms with E-state index in [-0.39, 0.29) is 6.04 Å². The first-order chi connectivity index (χ1) is 4.22. The standard InChI is InChI=1S/C7H14BN/c1-3-5-6(8)7(9)4-2/h4-5,7H,2-3,8-9H2,1H3/b6-5-. The lowest BCUT2D eigenvalue weighted by molar-refractivity contribution is 0.995. The molecule has 1 atom stereocenters. The van der Waals surface area contributed by atoms with Crippen molar-refractivity contribution in [3.63, 3.8) is 0 Å². The maximum absolute atomic E-state index is 5.62. The second-order valence-corrected chi connectivity index (χ2v) is 2.12. The summed E-state index contributed by atoms with van der Waals surface area (Å²) in [4.78, 5) is 0. The Kier molecular flexibility index (Phi) is 4.15. The molecule has 0 bridgehead atoms. The molecule has 0 aromatic rings. The van der Waals surface area contributed by atoms with E-state index >= 15 is 0 Å². The van der Waals surface area contributed by atoms with Crippen LogP contribution in [-0.2, 0) is 0 Å². The number of hydrogen-bond acceptors (Lipinski definition) is 1. The summed E-state index contributed by atoms with van der Waals surface area (Å²) in [6.07, 6.45) is 4.92. The Labute approximate surface area is 58.0 Å². The average molecular weight is 123 g/mol. The van der Waals surface area contributed by atoms with Crippen molar-refractivity contribution in [3.05, 3.63) is 24.2 Å². The third-order valence-electron chi connectivity index (χ3n) is 1.31. The van der Waals surface area contributed by atoms with Gasteiger partial charge in [-0.1, -0.05) is 24.5 Å². The van der Waals surface area contributed by atoms with E-state index < -0.39 is 0 Å². The molecule has 1 unspecified atom stereocenters. The fourth-order valence-electron chi connectivity index (χ4n) is 0.644. The molecule has 0 radical (unpaired) electrons. The van der Waals surface area contributed by atoms with Gasteiger partial charge in [-0.25, -0.2) is 0 Å². The minimum atomic E-state index is 0.0462. The Morgan fingerprint density at radius 1 is 1.89 bits per heavy atom. The van der Waals surface area contributed by atoms with Crippen molar-refractivity contribution in [2.24, 2.45) is 5.73 Å². The summed E-state index contributed by atoms with van der Waals surface area (Å²) in [6, 6.07) is 0.0462. The molecule has 0 aromatic heterocycles. The topological polar surface area (TPSA) is 26.0 Å². The van der Waals surface area contributed by atoms with Gasteiger partial charge in [0, 0.05) is 6.04 Å². The van der Waals surface area contributed by atoms with Gasteiger partial charge in [-0.15, -0.1) is 6.58 Å². The van der Waals surface area contributed by atoms with Crippen molar-refractivity contribution < 1.29 is 0 Å². The summed E-state index contributed by atoms with van der Waals surface area (Å²) < 4.78 is 0. The highest BCUT2D eigenvalue weighted by Crippen LogP contribution is 1.95. The molecule has 0 spiro atoms. The molecule has 2 N–H and O–H groups in total. The number of hydrogen-bond donors (Lipinski definition) is 1. The molecule has 0 saturated heterocycles. The Bertz CT molecular complexity index is 118. The van der Waals surface area contributed by atoms with E-state index in [1.165, 1.54) is 5.47 Å². The van der Waals surface area contributed by atoms with Crippen molar-refractivity contribution in [2.75, 3.05) is 0 Å². The summed E-state index contributed by atoms with van der Waals surface area (Å²) in [5, 5.41) is 0. The van der Waals surface area contributed by atoms with Gasteiger partial charge in [-0.05, 0) is 6.42 Å². The quantitative estimate of drug-likeness (QED) is 0.427. The minimum Gasteiger partial charge on any atom is -0.322 e. The van der Waals surface area contributed by atoms with Crippen LogP contribution in [0.15, 0.2) is 24.2 Å². The molecular formula is C7H14BN. The van der Waals surface area contributed by atoms with Crippen molar-refractivity contribution in [3.8, 4) is 0 Å². The maximum Gasteiger partial charge on any atom is 0.135 e. The smallest absolute Gasteiger partial charge is 0.135 e. The van der Waals surface area contributed by atoms with Gasteiger partial charge in [-0.2, -0.15) is 0 Å². The van der Waals surface area contributed by atoms with E-state index in [4.69, 9.17) is 5.73 Å². The molecule has 0 aliphatic heterocycles. The number of allylic oxidation sites excluding steroid dienone is 1. The monoisotopic (exact) mass is 123 g/mol. The first kappa shape index (κ1) is 8.50. The van der Waals surface area contributed by atoms with Crippen LogP contribution in [-0.4, -0.2) is 13.9 Å². The molecule has 0 fully saturated rings. The van der Waals surface area contributed by atoms with Gasteiger partial charge in [-0.3, -0.25) is 0 Å². The molecule has 0 heterocycles. The zero-order chi connectivity index (χ0) is 7.28. The summed E-state index contributed by atoms with van der Waals surface area (Å²) in [7, 11) is 2.02. The average Bonchev–Trinajstić information content (AvgIpc) is 1.87. The SMILES string of the molecule is B/C(=C\CC)C(N)C=C. The predicted octanol–water partition coefficient (Wildman–Crippen LogP) is 0.427. The molecule has 0 aromatic carbocycles. The van der Waals surface area contributed by atoms with E-state index in [9.17, 15) is 0 Å². The van der Waals surface area contributed by atoms with Crippen molar-refractivity contribution in [2.45, 2.75) is 19.4 Å². The van der Waals surface area contributed by atoms with Gasteiger partial charge in [0.2, 0.25) is 0 Å². The molecule has 0 saturated carbocycles. The van der Waals surface area contributed by atoms with Gasteiger partial charge >= 0.3 is 0 Å². The number of rotatable bonds is 3. The van der Waals surface area contributed by atoms with Crippen LogP contribution >= 0.6 is 0 Å². The lowest BCUT2D eigenvalue weighted by atomic mass is 9.88. The Balaban J connectivity index is 3.84. The fraction of sp³-hybridized carbons (Fsp3) is 0.429. The molecule has 0 rings (SSSR count). The molecule has 1 nitrogen and oxygen atoms in total. The molecule has 0 aliphatic carbocycles. The summed E-state index contributed by atoms with van der Waals surface area (Å²) in [5.41, 5.74) is 6.82. The van der Waals surface area contributed by atoms with E-state index in [2.05, 4.69) is 19.6 Å². The first-order valence-corrected chi connectivity index (χ1v) is 3.27. The van der Waals surface area contributed by atoms with Crippen LogP contribution in [0.5, 0.6) is 0 Å². The van der Waals surface area contributed by atoms with Crippen LogP contribution in [0.3, 0.4) is 0 Å². The molecule has 50 valence electrons. The van der Waals surface area contributed by atoms with Crippen LogP contribution in [0.4, 0.5) is 0 Å². The molecule has 2 heteroatoms. The van der Waals surface area contributed by atoms with Crippen LogP contribution in [0.1, 0.15) is 13.3 Å². The van der Waals surface area contributed by atoms with Crippen LogP contribution in [0.25, 0.3) is 0 Å². The van der Waals surface area contributed by atoms with Crippen molar-refractivity contribution in [1.29, 1.82) is 0 Å². The van der Waals surface area contributed by atoms with E-state index in [0.717, 1.165) is 6.42 Å². The lowest BCUT2D eigenvalue weighted by Crippen LogP contribution is -2.19. The Morgan fingerprint density at radius 3 is 2.78 bits per heavy atom. The maximum atomic E-state index is 5.62. The third kappa shape index (κ3) is 3.14. The molecular weight excluding hydrogens is 109 g/mol. The normalized spacial score (nSPS) is 15.1. The van der Waals surface area contributed by atoms with Crippen molar-refractivity contribution in [1.82, 2.24) is 0 Å².